The third kappa shape index (κ3) is 11.5. The van der Waals surface area contributed by atoms with Crippen molar-refractivity contribution in [2.24, 2.45) is 17.8 Å². The molecule has 1 aromatic carbocycles. The van der Waals surface area contributed by atoms with Crippen LogP contribution in [0.5, 0.6) is 5.75 Å². The summed E-state index contributed by atoms with van der Waals surface area (Å²) < 4.78 is 0. The maximum atomic E-state index is 9.92. The molecule has 0 radical (unpaired) electrons. The van der Waals surface area contributed by atoms with Crippen molar-refractivity contribution in [3.63, 3.8) is 0 Å². The van der Waals surface area contributed by atoms with Crippen molar-refractivity contribution in [2.75, 3.05) is 14.1 Å². The molecule has 0 unspecified atom stereocenters. The Kier molecular flexibility index (Phi) is 14.1. The molecule has 2 N–H and O–H groups in total. The van der Waals surface area contributed by atoms with Crippen molar-refractivity contribution >= 4 is 0 Å². The van der Waals surface area contributed by atoms with Gasteiger partial charge in [0, 0.05) is 33.2 Å². The third-order valence-corrected chi connectivity index (χ3v) is 11.5. The minimum atomic E-state index is -0.0683. The van der Waals surface area contributed by atoms with Crippen LogP contribution < -0.4 is 0 Å². The van der Waals surface area contributed by atoms with E-state index < -0.39 is 0 Å². The lowest BCUT2D eigenvalue weighted by Crippen LogP contribution is -2.58. The molecule has 5 heteroatoms. The molecule has 1 aromatic rings. The zero-order valence-corrected chi connectivity index (χ0v) is 34.4. The molecular weight excluding hydrogens is 566 g/mol. The molecule has 4 rings (SSSR count). The number of hydroxylamine groups is 2. The van der Waals surface area contributed by atoms with E-state index in [2.05, 4.69) is 128 Å². The van der Waals surface area contributed by atoms with Gasteiger partial charge in [0.25, 0.3) is 0 Å². The fourth-order valence-corrected chi connectivity index (χ4v) is 9.68. The molecule has 0 aliphatic carbocycles. The number of aryl methyl sites for hydroxylation is 3. The Labute approximate surface area is 287 Å². The number of hydrogen-bond donors (Lipinski definition) is 2. The number of phenolic OH excluding ortho intramolecular Hbond substituents is 1. The highest BCUT2D eigenvalue weighted by molar-refractivity contribution is 5.41. The van der Waals surface area contributed by atoms with Gasteiger partial charge >= 0.3 is 0 Å². The van der Waals surface area contributed by atoms with Gasteiger partial charge in [-0.2, -0.15) is 5.06 Å². The first-order valence-corrected chi connectivity index (χ1v) is 18.1. The molecule has 0 atom stereocenters. The number of aromatic hydroxyl groups is 1. The van der Waals surface area contributed by atoms with E-state index >= 15 is 0 Å². The number of likely N-dealkylation sites (tertiary alicyclic amines) is 2. The summed E-state index contributed by atoms with van der Waals surface area (Å²) in [6.07, 6.45) is 7.46. The Morgan fingerprint density at radius 1 is 0.500 bits per heavy atom. The molecule has 3 saturated heterocycles. The monoisotopic (exact) mass is 646 g/mol. The topological polar surface area (TPSA) is 50.2 Å². The lowest BCUT2D eigenvalue weighted by molar-refractivity contribution is -0.249. The molecule has 270 valence electrons. The van der Waals surface area contributed by atoms with Crippen molar-refractivity contribution < 1.29 is 10.3 Å². The summed E-state index contributed by atoms with van der Waals surface area (Å²) >= 11 is 0. The molecule has 0 aromatic heterocycles. The Hall–Kier alpha value is -1.14. The fraction of sp³-hybridized carbons (Fsp3) is 0.854. The molecule has 0 saturated carbocycles. The Morgan fingerprint density at radius 2 is 0.717 bits per heavy atom. The van der Waals surface area contributed by atoms with Gasteiger partial charge in [-0.05, 0) is 185 Å². The van der Waals surface area contributed by atoms with E-state index in [0.29, 0.717) is 33.8 Å². The van der Waals surface area contributed by atoms with Gasteiger partial charge in [0.15, 0.2) is 0 Å². The largest absolute Gasteiger partial charge is 0.507 e. The van der Waals surface area contributed by atoms with Crippen LogP contribution in [0.1, 0.15) is 159 Å². The van der Waals surface area contributed by atoms with E-state index in [9.17, 15) is 10.3 Å². The molecule has 0 bridgehead atoms. The molecule has 46 heavy (non-hydrogen) atoms. The van der Waals surface area contributed by atoms with Crippen LogP contribution in [0.2, 0.25) is 0 Å². The second-order valence-electron chi connectivity index (χ2n) is 19.6. The highest BCUT2D eigenvalue weighted by Crippen LogP contribution is 2.41. The maximum absolute atomic E-state index is 9.92. The van der Waals surface area contributed by atoms with Crippen molar-refractivity contribution in [1.29, 1.82) is 0 Å². The summed E-state index contributed by atoms with van der Waals surface area (Å²) in [5.41, 5.74) is 4.48. The second-order valence-corrected chi connectivity index (χ2v) is 19.6. The van der Waals surface area contributed by atoms with Crippen LogP contribution >= 0.6 is 0 Å². The fourth-order valence-electron chi connectivity index (χ4n) is 9.68. The second kappa shape index (κ2) is 15.2. The van der Waals surface area contributed by atoms with Crippen LogP contribution in [0.15, 0.2) is 12.1 Å². The van der Waals surface area contributed by atoms with Gasteiger partial charge in [0.2, 0.25) is 0 Å². The molecular formula is C41H79N3O2. The van der Waals surface area contributed by atoms with Crippen molar-refractivity contribution in [3.8, 4) is 5.75 Å². The summed E-state index contributed by atoms with van der Waals surface area (Å²) in [5.74, 6) is 2.86. The van der Waals surface area contributed by atoms with E-state index in [0.717, 1.165) is 35.8 Å². The number of benzene rings is 1. The van der Waals surface area contributed by atoms with E-state index in [4.69, 9.17) is 0 Å². The summed E-state index contributed by atoms with van der Waals surface area (Å²) in [4.78, 5) is 5.06. The highest BCUT2D eigenvalue weighted by Gasteiger charge is 2.44. The lowest BCUT2D eigenvalue weighted by Gasteiger charge is -2.53. The highest BCUT2D eigenvalue weighted by atomic mass is 16.5. The quantitative estimate of drug-likeness (QED) is 0.294. The molecule has 3 aliphatic heterocycles. The lowest BCUT2D eigenvalue weighted by atomic mass is 9.75. The first kappa shape index (κ1) is 42.9. The first-order valence-electron chi connectivity index (χ1n) is 18.1. The average Bonchev–Trinajstić information content (AvgIpc) is 2.82. The third-order valence-electron chi connectivity index (χ3n) is 11.5. The minimum Gasteiger partial charge on any atom is -0.507 e. The van der Waals surface area contributed by atoms with Crippen LogP contribution in [0, 0.1) is 38.5 Å². The number of nitrogens with zero attached hydrogens (tertiary/aromatic N) is 3. The van der Waals surface area contributed by atoms with Gasteiger partial charge in [0.1, 0.15) is 5.75 Å². The molecule has 5 nitrogen and oxygen atoms in total. The number of hydrogen-bond acceptors (Lipinski definition) is 5. The van der Waals surface area contributed by atoms with Crippen LogP contribution in [0.4, 0.5) is 0 Å². The maximum Gasteiger partial charge on any atom is 0.121 e. The van der Waals surface area contributed by atoms with Crippen LogP contribution in [0.25, 0.3) is 0 Å². The predicted octanol–water partition coefficient (Wildman–Crippen LogP) is 10.8. The van der Waals surface area contributed by atoms with Gasteiger partial charge in [-0.15, -0.1) is 0 Å². The average molecular weight is 646 g/mol. The van der Waals surface area contributed by atoms with Gasteiger partial charge < -0.3 is 10.3 Å². The number of piperidine rings is 3. The van der Waals surface area contributed by atoms with Crippen LogP contribution in [-0.4, -0.2) is 72.5 Å². The van der Waals surface area contributed by atoms with E-state index in [-0.39, 0.29) is 11.1 Å². The minimum absolute atomic E-state index is 0.0683. The van der Waals surface area contributed by atoms with Gasteiger partial charge in [-0.25, -0.2) is 0 Å². The molecule has 3 fully saturated rings. The standard InChI is InChI=1S/2C11H23N.C10H21NO.C9H12O/c2*1-9-7-10(2,3)12(6)11(4,5)8-9;1-8-6-9(2,3)11(12)10(4,5)7-8;1-6-4-7(2)9(10)8(3)5-6/h2*9H,7-8H2,1-6H3;8,12H,6-7H2,1-5H3;4-5,10H,1-3H3. The van der Waals surface area contributed by atoms with Crippen molar-refractivity contribution in [2.45, 2.75) is 196 Å². The zero-order valence-electron chi connectivity index (χ0n) is 34.4. The van der Waals surface area contributed by atoms with E-state index in [1.54, 1.807) is 0 Å². The van der Waals surface area contributed by atoms with Gasteiger partial charge in [-0.1, -0.05) is 38.5 Å². The Bertz CT molecular complexity index is 945. The van der Waals surface area contributed by atoms with Crippen LogP contribution in [0.3, 0.4) is 0 Å². The summed E-state index contributed by atoms with van der Waals surface area (Å²) in [6.45, 7) is 40.1. The predicted molar refractivity (Wildman–Crippen MR) is 201 cm³/mol. The van der Waals surface area contributed by atoms with Crippen molar-refractivity contribution in [3.05, 3.63) is 28.8 Å². The summed E-state index contributed by atoms with van der Waals surface area (Å²) in [7, 11) is 4.51. The first-order chi connectivity index (χ1) is 20.4. The Balaban J connectivity index is 0.000000307. The smallest absolute Gasteiger partial charge is 0.121 e. The molecule has 3 aliphatic rings. The molecule has 0 amide bonds. The normalized spacial score (nSPS) is 26.0. The number of phenols is 1. The van der Waals surface area contributed by atoms with Crippen molar-refractivity contribution in [1.82, 2.24) is 14.9 Å². The summed E-state index contributed by atoms with van der Waals surface area (Å²) in [6, 6.07) is 3.95. The SMILES string of the molecule is CC1CC(C)(C)N(C)C(C)(C)C1.CC1CC(C)(C)N(C)C(C)(C)C1.CC1CC(C)(C)N(O)C(C)(C)C1.Cc1cc(C)c(O)c(C)c1. The van der Waals surface area contributed by atoms with Gasteiger partial charge in [-0.3, -0.25) is 9.80 Å². The van der Waals surface area contributed by atoms with E-state index in [1.165, 1.54) is 36.3 Å². The molecule has 0 spiro atoms. The Morgan fingerprint density at radius 3 is 0.957 bits per heavy atom. The van der Waals surface area contributed by atoms with Gasteiger partial charge in [0.05, 0.1) is 0 Å². The zero-order chi connectivity index (χ0) is 36.4. The van der Waals surface area contributed by atoms with E-state index in [1.807, 2.05) is 32.9 Å². The number of rotatable bonds is 0. The summed E-state index contributed by atoms with van der Waals surface area (Å²) in [5, 5.41) is 20.8. The van der Waals surface area contributed by atoms with Crippen LogP contribution in [-0.2, 0) is 0 Å². The molecule has 3 heterocycles.